The number of rotatable bonds is 5. The SMILES string of the molecule is CCCNC(c1ccn(C)n1)C1Cc2ccccc21. The van der Waals surface area contributed by atoms with E-state index in [0.29, 0.717) is 12.0 Å². The maximum absolute atomic E-state index is 4.59. The second kappa shape index (κ2) is 5.17. The maximum Gasteiger partial charge on any atom is 0.0800 e. The fourth-order valence-corrected chi connectivity index (χ4v) is 2.95. The van der Waals surface area contributed by atoms with Crippen molar-refractivity contribution in [1.29, 1.82) is 0 Å². The third kappa shape index (κ3) is 2.30. The zero-order valence-corrected chi connectivity index (χ0v) is 11.6. The van der Waals surface area contributed by atoms with E-state index in [1.165, 1.54) is 11.1 Å². The summed E-state index contributed by atoms with van der Waals surface area (Å²) in [6.45, 7) is 3.25. The summed E-state index contributed by atoms with van der Waals surface area (Å²) in [5.41, 5.74) is 4.14. The van der Waals surface area contributed by atoms with Gasteiger partial charge in [-0.05, 0) is 36.6 Å². The van der Waals surface area contributed by atoms with Crippen LogP contribution in [0.3, 0.4) is 0 Å². The summed E-state index contributed by atoms with van der Waals surface area (Å²) in [7, 11) is 1.98. The van der Waals surface area contributed by atoms with Crippen molar-refractivity contribution < 1.29 is 0 Å². The van der Waals surface area contributed by atoms with Gasteiger partial charge in [-0.2, -0.15) is 5.10 Å². The molecule has 0 radical (unpaired) electrons. The molecule has 3 heteroatoms. The highest BCUT2D eigenvalue weighted by Gasteiger charge is 2.34. The van der Waals surface area contributed by atoms with Gasteiger partial charge in [-0.1, -0.05) is 31.2 Å². The minimum atomic E-state index is 0.344. The Kier molecular flexibility index (Phi) is 3.38. The molecule has 1 aliphatic rings. The standard InChI is InChI=1S/C16H21N3/c1-3-9-17-16(15-8-10-19(2)18-15)14-11-12-6-4-5-7-13(12)14/h4-8,10,14,16-17H,3,9,11H2,1-2H3. The van der Waals surface area contributed by atoms with E-state index in [1.54, 1.807) is 0 Å². The van der Waals surface area contributed by atoms with E-state index in [9.17, 15) is 0 Å². The second-order valence-electron chi connectivity index (χ2n) is 5.36. The molecule has 1 aliphatic carbocycles. The number of benzene rings is 1. The van der Waals surface area contributed by atoms with Crippen molar-refractivity contribution in [2.45, 2.75) is 31.7 Å². The Morgan fingerprint density at radius 2 is 2.21 bits per heavy atom. The van der Waals surface area contributed by atoms with Crippen molar-refractivity contribution in [3.05, 3.63) is 53.3 Å². The largest absolute Gasteiger partial charge is 0.308 e. The summed E-state index contributed by atoms with van der Waals surface area (Å²) >= 11 is 0. The Balaban J connectivity index is 1.85. The van der Waals surface area contributed by atoms with E-state index in [1.807, 2.05) is 17.9 Å². The molecule has 2 unspecified atom stereocenters. The van der Waals surface area contributed by atoms with Crippen molar-refractivity contribution in [2.75, 3.05) is 6.54 Å². The third-order valence-corrected chi connectivity index (χ3v) is 3.96. The minimum Gasteiger partial charge on any atom is -0.308 e. The highest BCUT2D eigenvalue weighted by Crippen LogP contribution is 2.42. The van der Waals surface area contributed by atoms with Gasteiger partial charge in [0.1, 0.15) is 0 Å². The van der Waals surface area contributed by atoms with E-state index in [4.69, 9.17) is 0 Å². The van der Waals surface area contributed by atoms with Gasteiger partial charge in [0.05, 0.1) is 11.7 Å². The van der Waals surface area contributed by atoms with Gasteiger partial charge in [0.2, 0.25) is 0 Å². The number of nitrogens with one attached hydrogen (secondary N) is 1. The summed E-state index contributed by atoms with van der Waals surface area (Å²) in [4.78, 5) is 0. The molecule has 2 atom stereocenters. The van der Waals surface area contributed by atoms with Crippen molar-refractivity contribution >= 4 is 0 Å². The molecule has 1 N–H and O–H groups in total. The predicted octanol–water partition coefficient (Wildman–Crippen LogP) is 2.80. The number of aromatic nitrogens is 2. The lowest BCUT2D eigenvalue weighted by Crippen LogP contribution is -2.34. The van der Waals surface area contributed by atoms with Gasteiger partial charge in [-0.15, -0.1) is 0 Å². The Labute approximate surface area is 114 Å². The maximum atomic E-state index is 4.59. The lowest BCUT2D eigenvalue weighted by Gasteiger charge is -2.36. The Hall–Kier alpha value is -1.61. The lowest BCUT2D eigenvalue weighted by molar-refractivity contribution is 0.401. The van der Waals surface area contributed by atoms with E-state index >= 15 is 0 Å². The first-order valence-corrected chi connectivity index (χ1v) is 7.10. The Bertz CT molecular complexity index is 559. The van der Waals surface area contributed by atoms with Crippen molar-refractivity contribution in [3.63, 3.8) is 0 Å². The van der Waals surface area contributed by atoms with Crippen LogP contribution in [-0.4, -0.2) is 16.3 Å². The van der Waals surface area contributed by atoms with Gasteiger partial charge in [0.25, 0.3) is 0 Å². The normalized spacial score (nSPS) is 18.7. The third-order valence-electron chi connectivity index (χ3n) is 3.96. The molecule has 1 heterocycles. The molecule has 0 fully saturated rings. The number of hydrogen-bond donors (Lipinski definition) is 1. The topological polar surface area (TPSA) is 29.9 Å². The van der Waals surface area contributed by atoms with Crippen LogP contribution in [0.15, 0.2) is 36.5 Å². The molecule has 3 rings (SSSR count). The molecule has 0 bridgehead atoms. The average molecular weight is 255 g/mol. The van der Waals surface area contributed by atoms with Gasteiger partial charge in [0, 0.05) is 19.2 Å². The second-order valence-corrected chi connectivity index (χ2v) is 5.36. The van der Waals surface area contributed by atoms with Gasteiger partial charge in [0.15, 0.2) is 0 Å². The van der Waals surface area contributed by atoms with Crippen molar-refractivity contribution in [1.82, 2.24) is 15.1 Å². The van der Waals surface area contributed by atoms with Crippen LogP contribution in [0.1, 0.15) is 42.1 Å². The van der Waals surface area contributed by atoms with Crippen LogP contribution in [0.4, 0.5) is 0 Å². The van der Waals surface area contributed by atoms with Crippen LogP contribution in [0.25, 0.3) is 0 Å². The van der Waals surface area contributed by atoms with Crippen LogP contribution in [-0.2, 0) is 13.5 Å². The summed E-state index contributed by atoms with van der Waals surface area (Å²) in [6.07, 6.45) is 4.34. The smallest absolute Gasteiger partial charge is 0.0800 e. The zero-order chi connectivity index (χ0) is 13.2. The van der Waals surface area contributed by atoms with E-state index in [2.05, 4.69) is 47.7 Å². The fraction of sp³-hybridized carbons (Fsp3) is 0.438. The van der Waals surface area contributed by atoms with Crippen LogP contribution in [0, 0.1) is 0 Å². The quantitative estimate of drug-likeness (QED) is 0.890. The predicted molar refractivity (Wildman–Crippen MR) is 77.1 cm³/mol. The molecule has 1 aromatic heterocycles. The zero-order valence-electron chi connectivity index (χ0n) is 11.6. The highest BCUT2D eigenvalue weighted by molar-refractivity contribution is 5.42. The van der Waals surface area contributed by atoms with E-state index in [0.717, 1.165) is 25.1 Å². The minimum absolute atomic E-state index is 0.344. The molecule has 2 aromatic rings. The average Bonchev–Trinajstić information content (AvgIpc) is 2.81. The first-order chi connectivity index (χ1) is 9.29. The molecule has 0 saturated heterocycles. The fourth-order valence-electron chi connectivity index (χ4n) is 2.95. The summed E-state index contributed by atoms with van der Waals surface area (Å²) in [5.74, 6) is 0.567. The summed E-state index contributed by atoms with van der Waals surface area (Å²) in [6, 6.07) is 11.2. The molecular formula is C16H21N3. The molecule has 1 aromatic carbocycles. The van der Waals surface area contributed by atoms with Crippen LogP contribution >= 0.6 is 0 Å². The Morgan fingerprint density at radius 1 is 1.37 bits per heavy atom. The molecule has 0 saturated carbocycles. The van der Waals surface area contributed by atoms with Gasteiger partial charge in [-0.25, -0.2) is 0 Å². The molecule has 19 heavy (non-hydrogen) atoms. The molecule has 0 spiro atoms. The number of fused-ring (bicyclic) bond motifs is 1. The lowest BCUT2D eigenvalue weighted by atomic mass is 9.72. The monoisotopic (exact) mass is 255 g/mol. The first-order valence-electron chi connectivity index (χ1n) is 7.10. The number of hydrogen-bond acceptors (Lipinski definition) is 2. The summed E-state index contributed by atoms with van der Waals surface area (Å²) in [5, 5.41) is 8.26. The van der Waals surface area contributed by atoms with Crippen molar-refractivity contribution in [3.8, 4) is 0 Å². The summed E-state index contributed by atoms with van der Waals surface area (Å²) < 4.78 is 1.89. The van der Waals surface area contributed by atoms with E-state index in [-0.39, 0.29) is 0 Å². The molecule has 0 aliphatic heterocycles. The molecule has 100 valence electrons. The molecule has 0 amide bonds. The van der Waals surface area contributed by atoms with E-state index < -0.39 is 0 Å². The number of nitrogens with zero attached hydrogens (tertiary/aromatic N) is 2. The van der Waals surface area contributed by atoms with Gasteiger partial charge < -0.3 is 5.32 Å². The van der Waals surface area contributed by atoms with Crippen LogP contribution < -0.4 is 5.32 Å². The van der Waals surface area contributed by atoms with Crippen molar-refractivity contribution in [2.24, 2.45) is 7.05 Å². The first kappa shape index (κ1) is 12.4. The Morgan fingerprint density at radius 3 is 2.89 bits per heavy atom. The number of aryl methyl sites for hydroxylation is 1. The van der Waals surface area contributed by atoms with Gasteiger partial charge >= 0.3 is 0 Å². The molecule has 3 nitrogen and oxygen atoms in total. The van der Waals surface area contributed by atoms with Gasteiger partial charge in [-0.3, -0.25) is 4.68 Å². The van der Waals surface area contributed by atoms with Crippen LogP contribution in [0.2, 0.25) is 0 Å². The highest BCUT2D eigenvalue weighted by atomic mass is 15.3. The van der Waals surface area contributed by atoms with Crippen LogP contribution in [0.5, 0.6) is 0 Å². The molecular weight excluding hydrogens is 234 g/mol.